The number of nitrogens with zero attached hydrogens (tertiary/aromatic N) is 2. The molecular formula is C32H45N3O5. The summed E-state index contributed by atoms with van der Waals surface area (Å²) >= 11 is 0. The lowest BCUT2D eigenvalue weighted by molar-refractivity contribution is -0.149. The second-order valence-electron chi connectivity index (χ2n) is 11.4. The van der Waals surface area contributed by atoms with E-state index in [2.05, 4.69) is 24.9 Å². The van der Waals surface area contributed by atoms with Crippen LogP contribution in [0.2, 0.25) is 0 Å². The Morgan fingerprint density at radius 3 is 2.58 bits per heavy atom. The molecule has 0 spiro atoms. The summed E-state index contributed by atoms with van der Waals surface area (Å²) in [7, 11) is 0. The van der Waals surface area contributed by atoms with Crippen molar-refractivity contribution in [3.05, 3.63) is 77.1 Å². The Labute approximate surface area is 238 Å². The Morgan fingerprint density at radius 1 is 1.25 bits per heavy atom. The number of carbonyl (C=O) groups excluding carboxylic acids is 1. The van der Waals surface area contributed by atoms with Crippen molar-refractivity contribution >= 4 is 18.0 Å². The van der Waals surface area contributed by atoms with Gasteiger partial charge in [0, 0.05) is 31.0 Å². The largest absolute Gasteiger partial charge is 0.493 e. The molecule has 8 heteroatoms. The zero-order chi connectivity index (χ0) is 29.9. The van der Waals surface area contributed by atoms with Gasteiger partial charge >= 0.3 is 5.97 Å². The lowest BCUT2D eigenvalue weighted by Gasteiger charge is -2.34. The van der Waals surface area contributed by atoms with Crippen LogP contribution in [0.1, 0.15) is 76.4 Å². The van der Waals surface area contributed by atoms with Crippen LogP contribution in [-0.4, -0.2) is 45.1 Å². The summed E-state index contributed by atoms with van der Waals surface area (Å²) in [6, 6.07) is 4.73. The van der Waals surface area contributed by atoms with E-state index in [0.29, 0.717) is 30.6 Å². The fraction of sp³-hybridized carbons (Fsp3) is 0.469. The van der Waals surface area contributed by atoms with E-state index >= 15 is 0 Å². The maximum absolute atomic E-state index is 12.6. The second-order valence-corrected chi connectivity index (χ2v) is 11.4. The first kappa shape index (κ1) is 32.6. The highest BCUT2D eigenvalue weighted by atomic mass is 16.5. The zero-order valence-corrected chi connectivity index (χ0v) is 24.9. The minimum Gasteiger partial charge on any atom is -0.493 e. The predicted molar refractivity (Wildman–Crippen MR) is 159 cm³/mol. The van der Waals surface area contributed by atoms with E-state index in [4.69, 9.17) is 14.9 Å². The topological polar surface area (TPSA) is 119 Å². The SMILES string of the molecule is C/C=C/C=C/C(=O)N1Cc2cc(OCCc3nc(/C=C/CC(C)C)oc3C)ccc2C[C@H]1C(=O)O.CC(C)(C)N. The van der Waals surface area contributed by atoms with Gasteiger partial charge in [0.1, 0.15) is 17.6 Å². The van der Waals surface area contributed by atoms with Crippen LogP contribution in [0.15, 0.2) is 53.0 Å². The van der Waals surface area contributed by atoms with Gasteiger partial charge in [-0.25, -0.2) is 9.78 Å². The lowest BCUT2D eigenvalue weighted by atomic mass is 9.93. The number of amides is 1. The minimum absolute atomic E-state index is 0. The third kappa shape index (κ3) is 11.2. The molecule has 0 saturated carbocycles. The van der Waals surface area contributed by atoms with Crippen molar-refractivity contribution in [2.45, 2.75) is 85.9 Å². The number of carbonyl (C=O) groups is 2. The second kappa shape index (κ2) is 15.2. The third-order valence-electron chi connectivity index (χ3n) is 5.80. The average molecular weight is 552 g/mol. The molecule has 218 valence electrons. The predicted octanol–water partition coefficient (Wildman–Crippen LogP) is 5.88. The first-order valence-electron chi connectivity index (χ1n) is 13.8. The van der Waals surface area contributed by atoms with Crippen molar-refractivity contribution in [3.8, 4) is 5.75 Å². The number of fused-ring (bicyclic) bond motifs is 1. The number of benzene rings is 1. The maximum Gasteiger partial charge on any atom is 0.326 e. The van der Waals surface area contributed by atoms with Crippen LogP contribution in [0.3, 0.4) is 0 Å². The van der Waals surface area contributed by atoms with Crippen LogP contribution < -0.4 is 10.5 Å². The van der Waals surface area contributed by atoms with Gasteiger partial charge in [0.05, 0.1) is 12.3 Å². The van der Waals surface area contributed by atoms with Crippen LogP contribution >= 0.6 is 0 Å². The molecule has 1 amide bonds. The summed E-state index contributed by atoms with van der Waals surface area (Å²) < 4.78 is 11.7. The minimum atomic E-state index is -1.01. The number of ether oxygens (including phenoxy) is 1. The summed E-state index contributed by atoms with van der Waals surface area (Å²) in [5.41, 5.74) is 8.02. The fourth-order valence-electron chi connectivity index (χ4n) is 3.91. The molecule has 0 aliphatic carbocycles. The highest BCUT2D eigenvalue weighted by Crippen LogP contribution is 2.28. The number of hydrogen-bond acceptors (Lipinski definition) is 6. The van der Waals surface area contributed by atoms with E-state index in [9.17, 15) is 14.7 Å². The molecule has 40 heavy (non-hydrogen) atoms. The van der Waals surface area contributed by atoms with Gasteiger partial charge in [0.15, 0.2) is 0 Å². The number of carboxylic acid groups (broad SMARTS) is 1. The van der Waals surface area contributed by atoms with Crippen LogP contribution in [0.5, 0.6) is 5.75 Å². The first-order valence-corrected chi connectivity index (χ1v) is 13.8. The number of hydrogen-bond donors (Lipinski definition) is 2. The number of rotatable bonds is 10. The van der Waals surface area contributed by atoms with Crippen molar-refractivity contribution in [2.75, 3.05) is 6.61 Å². The summed E-state index contributed by atoms with van der Waals surface area (Å²) in [6.07, 6.45) is 12.4. The number of nitrogens with two attached hydrogens (primary N) is 1. The molecule has 1 aromatic heterocycles. The van der Waals surface area contributed by atoms with Crippen molar-refractivity contribution in [3.63, 3.8) is 0 Å². The Bertz CT molecular complexity index is 1210. The first-order chi connectivity index (χ1) is 18.8. The van der Waals surface area contributed by atoms with Crippen molar-refractivity contribution in [1.29, 1.82) is 0 Å². The van der Waals surface area contributed by atoms with E-state index in [1.165, 1.54) is 11.0 Å². The average Bonchev–Trinajstić information content (AvgIpc) is 3.20. The molecule has 1 aliphatic heterocycles. The molecule has 0 bridgehead atoms. The third-order valence-corrected chi connectivity index (χ3v) is 5.80. The monoisotopic (exact) mass is 551 g/mol. The number of carboxylic acids is 1. The smallest absolute Gasteiger partial charge is 0.326 e. The quantitative estimate of drug-likeness (QED) is 0.280. The molecular weight excluding hydrogens is 506 g/mol. The highest BCUT2D eigenvalue weighted by molar-refractivity contribution is 5.92. The van der Waals surface area contributed by atoms with Gasteiger partial charge in [-0.15, -0.1) is 0 Å². The van der Waals surface area contributed by atoms with Crippen molar-refractivity contribution in [1.82, 2.24) is 9.88 Å². The number of aryl methyl sites for hydroxylation is 1. The molecule has 2 heterocycles. The number of aliphatic carboxylic acids is 1. The van der Waals surface area contributed by atoms with E-state index < -0.39 is 12.0 Å². The molecule has 1 aliphatic rings. The van der Waals surface area contributed by atoms with E-state index in [1.807, 2.05) is 58.9 Å². The van der Waals surface area contributed by atoms with Crippen LogP contribution in [0.25, 0.3) is 6.08 Å². The molecule has 0 radical (unpaired) electrons. The van der Waals surface area contributed by atoms with Gasteiger partial charge in [-0.05, 0) is 76.3 Å². The summed E-state index contributed by atoms with van der Waals surface area (Å²) in [4.78, 5) is 30.4. The van der Waals surface area contributed by atoms with Gasteiger partial charge < -0.3 is 24.9 Å². The summed E-state index contributed by atoms with van der Waals surface area (Å²) in [6.45, 7) is 14.6. The van der Waals surface area contributed by atoms with Gasteiger partial charge in [-0.1, -0.05) is 44.2 Å². The fourth-order valence-corrected chi connectivity index (χ4v) is 3.91. The summed E-state index contributed by atoms with van der Waals surface area (Å²) in [5.74, 6) is 1.31. The van der Waals surface area contributed by atoms with Gasteiger partial charge in [0.2, 0.25) is 11.8 Å². The van der Waals surface area contributed by atoms with E-state index in [1.54, 1.807) is 18.2 Å². The zero-order valence-electron chi connectivity index (χ0n) is 24.9. The normalized spacial score (nSPS) is 15.5. The number of oxazole rings is 1. The molecule has 1 atom stereocenters. The molecule has 0 unspecified atom stereocenters. The number of aromatic nitrogens is 1. The van der Waals surface area contributed by atoms with Gasteiger partial charge in [-0.2, -0.15) is 0 Å². The Kier molecular flexibility index (Phi) is 12.4. The van der Waals surface area contributed by atoms with Gasteiger partial charge in [0.25, 0.3) is 0 Å². The molecule has 2 aromatic rings. The standard InChI is InChI=1S/C28H34N2O5.C4H11N/c1-5-6-7-11-27(31)30-18-22-16-23(13-12-21(22)17-25(30)28(32)33)34-15-14-24-20(4)35-26(29-24)10-8-9-19(2)3;1-4(2,3)5/h5-8,10-13,16,19,25H,9,14-15,17-18H2,1-4H3,(H,32,33);5H2,1-3H3/b6-5+,10-8+,11-7+;/t25-;/m0./s1. The van der Waals surface area contributed by atoms with E-state index in [-0.39, 0.29) is 24.4 Å². The van der Waals surface area contributed by atoms with Gasteiger partial charge in [-0.3, -0.25) is 4.79 Å². The Morgan fingerprint density at radius 2 is 1.95 bits per heavy atom. The molecule has 0 fully saturated rings. The lowest BCUT2D eigenvalue weighted by Crippen LogP contribution is -2.48. The molecule has 3 N–H and O–H groups in total. The molecule has 0 saturated heterocycles. The van der Waals surface area contributed by atoms with Crippen molar-refractivity contribution < 1.29 is 23.8 Å². The van der Waals surface area contributed by atoms with E-state index in [0.717, 1.165) is 29.0 Å². The maximum atomic E-state index is 12.6. The van der Waals surface area contributed by atoms with Crippen LogP contribution in [-0.2, 0) is 29.0 Å². The molecule has 3 rings (SSSR count). The number of allylic oxidation sites excluding steroid dienone is 4. The molecule has 8 nitrogen and oxygen atoms in total. The Hall–Kier alpha value is -3.65. The molecule has 1 aromatic carbocycles. The highest BCUT2D eigenvalue weighted by Gasteiger charge is 2.33. The van der Waals surface area contributed by atoms with Crippen LogP contribution in [0.4, 0.5) is 0 Å². The van der Waals surface area contributed by atoms with Crippen molar-refractivity contribution in [2.24, 2.45) is 11.7 Å². The van der Waals surface area contributed by atoms with Crippen LogP contribution in [0, 0.1) is 12.8 Å². The summed E-state index contributed by atoms with van der Waals surface area (Å²) in [5, 5.41) is 9.66. The Balaban J connectivity index is 0.00000103.